The van der Waals surface area contributed by atoms with E-state index < -0.39 is 5.72 Å². The summed E-state index contributed by atoms with van der Waals surface area (Å²) >= 11 is 0. The van der Waals surface area contributed by atoms with Crippen molar-refractivity contribution in [2.45, 2.75) is 18.2 Å². The van der Waals surface area contributed by atoms with Crippen LogP contribution in [0.25, 0.3) is 0 Å². The monoisotopic (exact) mass is 187 g/mol. The van der Waals surface area contributed by atoms with Gasteiger partial charge in [-0.3, -0.25) is 10.1 Å². The van der Waals surface area contributed by atoms with Gasteiger partial charge in [-0.15, -0.1) is 0 Å². The number of rotatable bonds is 1. The first-order valence-electron chi connectivity index (χ1n) is 4.33. The summed E-state index contributed by atoms with van der Waals surface area (Å²) in [6.07, 6.45) is 0.792. The summed E-state index contributed by atoms with van der Waals surface area (Å²) in [7, 11) is 1.38. The zero-order valence-electron chi connectivity index (χ0n) is 7.54. The van der Waals surface area contributed by atoms with E-state index in [0.717, 1.165) is 6.42 Å². The van der Waals surface area contributed by atoms with Crippen molar-refractivity contribution in [2.24, 2.45) is 0 Å². The van der Waals surface area contributed by atoms with Crippen molar-refractivity contribution in [3.8, 4) is 0 Å². The van der Waals surface area contributed by atoms with Crippen molar-refractivity contribution >= 4 is 5.97 Å². The van der Waals surface area contributed by atoms with E-state index in [0.29, 0.717) is 19.8 Å². The molecule has 2 saturated heterocycles. The molecule has 2 fully saturated rings. The van der Waals surface area contributed by atoms with Gasteiger partial charge in [0, 0.05) is 6.42 Å². The number of ether oxygens (including phenoxy) is 3. The van der Waals surface area contributed by atoms with Gasteiger partial charge in [0.05, 0.1) is 26.9 Å². The predicted octanol–water partition coefficient (Wildman–Crippen LogP) is -0.736. The fraction of sp³-hybridized carbons (Fsp3) is 0.875. The maximum Gasteiger partial charge on any atom is 0.325 e. The van der Waals surface area contributed by atoms with Gasteiger partial charge >= 0.3 is 5.97 Å². The van der Waals surface area contributed by atoms with Gasteiger partial charge in [-0.25, -0.2) is 0 Å². The first-order valence-corrected chi connectivity index (χ1v) is 4.33. The van der Waals surface area contributed by atoms with E-state index in [1.807, 2.05) is 0 Å². The normalized spacial score (nSPS) is 38.4. The molecule has 13 heavy (non-hydrogen) atoms. The molecule has 0 aromatic rings. The molecule has 5 nitrogen and oxygen atoms in total. The number of nitrogens with one attached hydrogen (secondary N) is 1. The van der Waals surface area contributed by atoms with E-state index >= 15 is 0 Å². The molecular weight excluding hydrogens is 174 g/mol. The minimum absolute atomic E-state index is 0.274. The molecule has 1 N–H and O–H groups in total. The average Bonchev–Trinajstić information content (AvgIpc) is 2.76. The lowest BCUT2D eigenvalue weighted by Crippen LogP contribution is -2.47. The van der Waals surface area contributed by atoms with Gasteiger partial charge < -0.3 is 14.2 Å². The van der Waals surface area contributed by atoms with Crippen LogP contribution in [0.1, 0.15) is 6.42 Å². The first-order chi connectivity index (χ1) is 6.26. The van der Waals surface area contributed by atoms with Crippen molar-refractivity contribution in [1.82, 2.24) is 5.32 Å². The Kier molecular flexibility index (Phi) is 2.23. The lowest BCUT2D eigenvalue weighted by molar-refractivity contribution is -0.142. The molecular formula is C8H13NO4. The Labute approximate surface area is 76.3 Å². The van der Waals surface area contributed by atoms with Crippen LogP contribution >= 0.6 is 0 Å². The van der Waals surface area contributed by atoms with Crippen LogP contribution in [0.2, 0.25) is 0 Å². The molecule has 0 aromatic carbocycles. The molecule has 1 spiro atoms. The summed E-state index contributed by atoms with van der Waals surface area (Å²) in [4.78, 5) is 11.1. The number of esters is 1. The van der Waals surface area contributed by atoms with Crippen molar-refractivity contribution in [2.75, 3.05) is 26.9 Å². The van der Waals surface area contributed by atoms with Crippen molar-refractivity contribution in [1.29, 1.82) is 0 Å². The summed E-state index contributed by atoms with van der Waals surface area (Å²) < 4.78 is 15.3. The number of methoxy groups -OCH3 is 1. The Morgan fingerprint density at radius 3 is 3.15 bits per heavy atom. The van der Waals surface area contributed by atoms with Crippen LogP contribution in [0.15, 0.2) is 0 Å². The summed E-state index contributed by atoms with van der Waals surface area (Å²) in [6.45, 7) is 1.57. The summed E-state index contributed by atoms with van der Waals surface area (Å²) in [6, 6.07) is -0.341. The van der Waals surface area contributed by atoms with Gasteiger partial charge in [-0.1, -0.05) is 0 Å². The van der Waals surface area contributed by atoms with E-state index in [2.05, 4.69) is 10.1 Å². The van der Waals surface area contributed by atoms with E-state index in [4.69, 9.17) is 9.47 Å². The third kappa shape index (κ3) is 1.54. The smallest absolute Gasteiger partial charge is 0.325 e. The molecule has 0 bridgehead atoms. The first kappa shape index (κ1) is 8.93. The molecule has 0 radical (unpaired) electrons. The molecule has 2 atom stereocenters. The average molecular weight is 187 g/mol. The molecule has 0 aromatic heterocycles. The zero-order chi connectivity index (χ0) is 9.31. The van der Waals surface area contributed by atoms with Gasteiger partial charge in [-0.05, 0) is 0 Å². The fourth-order valence-corrected chi connectivity index (χ4v) is 1.69. The highest BCUT2D eigenvalue weighted by atomic mass is 16.6. The minimum atomic E-state index is -0.432. The largest absolute Gasteiger partial charge is 0.468 e. The third-order valence-corrected chi connectivity index (χ3v) is 2.43. The molecule has 0 amide bonds. The molecule has 0 aliphatic carbocycles. The third-order valence-electron chi connectivity index (χ3n) is 2.43. The Morgan fingerprint density at radius 1 is 1.69 bits per heavy atom. The maximum atomic E-state index is 11.1. The second kappa shape index (κ2) is 3.25. The van der Waals surface area contributed by atoms with E-state index in [1.165, 1.54) is 7.11 Å². The summed E-state index contributed by atoms with van der Waals surface area (Å²) in [5.74, 6) is -0.274. The maximum absolute atomic E-state index is 11.1. The standard InChI is InChI=1S/C8H13NO4/c1-11-7(10)6-4-13-8(9-6)2-3-12-5-8/h6,9H,2-5H2,1H3. The Bertz CT molecular complexity index is 212. The highest BCUT2D eigenvalue weighted by molar-refractivity contribution is 5.76. The van der Waals surface area contributed by atoms with Crippen molar-refractivity contribution in [3.05, 3.63) is 0 Å². The van der Waals surface area contributed by atoms with Crippen LogP contribution in [0, 0.1) is 0 Å². The molecule has 5 heteroatoms. The zero-order valence-corrected chi connectivity index (χ0v) is 7.54. The second-order valence-corrected chi connectivity index (χ2v) is 3.33. The van der Waals surface area contributed by atoms with Crippen LogP contribution in [0.3, 0.4) is 0 Å². The van der Waals surface area contributed by atoms with Crippen LogP contribution in [-0.4, -0.2) is 44.7 Å². The van der Waals surface area contributed by atoms with Gasteiger partial charge in [0.2, 0.25) is 0 Å². The highest BCUT2D eigenvalue weighted by Gasteiger charge is 2.45. The number of carbonyl (C=O) groups excluding carboxylic acids is 1. The Hall–Kier alpha value is -0.650. The molecule has 0 saturated carbocycles. The Morgan fingerprint density at radius 2 is 2.54 bits per heavy atom. The van der Waals surface area contributed by atoms with E-state index in [1.54, 1.807) is 0 Å². The minimum Gasteiger partial charge on any atom is -0.468 e. The fourth-order valence-electron chi connectivity index (χ4n) is 1.69. The second-order valence-electron chi connectivity index (χ2n) is 3.33. The Balaban J connectivity index is 1.96. The van der Waals surface area contributed by atoms with E-state index in [-0.39, 0.29) is 12.0 Å². The molecule has 2 aliphatic rings. The van der Waals surface area contributed by atoms with Crippen LogP contribution < -0.4 is 5.32 Å². The molecule has 2 aliphatic heterocycles. The lowest BCUT2D eigenvalue weighted by atomic mass is 10.2. The molecule has 2 rings (SSSR count). The van der Waals surface area contributed by atoms with Crippen LogP contribution in [0.5, 0.6) is 0 Å². The predicted molar refractivity (Wildman–Crippen MR) is 43.1 cm³/mol. The molecule has 2 heterocycles. The molecule has 74 valence electrons. The van der Waals surface area contributed by atoms with Crippen LogP contribution in [0.4, 0.5) is 0 Å². The summed E-state index contributed by atoms with van der Waals surface area (Å²) in [5.41, 5.74) is -0.432. The number of hydrogen-bond acceptors (Lipinski definition) is 5. The molecule has 2 unspecified atom stereocenters. The van der Waals surface area contributed by atoms with Crippen molar-refractivity contribution in [3.63, 3.8) is 0 Å². The van der Waals surface area contributed by atoms with Gasteiger partial charge in [0.25, 0.3) is 0 Å². The van der Waals surface area contributed by atoms with Gasteiger partial charge in [0.1, 0.15) is 11.8 Å². The van der Waals surface area contributed by atoms with Gasteiger partial charge in [0.15, 0.2) is 0 Å². The summed E-state index contributed by atoms with van der Waals surface area (Å²) in [5, 5.41) is 3.10. The SMILES string of the molecule is COC(=O)C1COC2(CCOC2)N1. The number of carbonyl (C=O) groups is 1. The van der Waals surface area contributed by atoms with E-state index in [9.17, 15) is 4.79 Å². The van der Waals surface area contributed by atoms with Gasteiger partial charge in [-0.2, -0.15) is 0 Å². The van der Waals surface area contributed by atoms with Crippen LogP contribution in [-0.2, 0) is 19.0 Å². The topological polar surface area (TPSA) is 56.8 Å². The number of hydrogen-bond donors (Lipinski definition) is 1. The highest BCUT2D eigenvalue weighted by Crippen LogP contribution is 2.25. The quantitative estimate of drug-likeness (QED) is 0.548. The van der Waals surface area contributed by atoms with Crippen molar-refractivity contribution < 1.29 is 19.0 Å². The lowest BCUT2D eigenvalue weighted by Gasteiger charge is -2.20.